The molecule has 1 amide bonds. The lowest BCUT2D eigenvalue weighted by atomic mass is 9.97. The van der Waals surface area contributed by atoms with Gasteiger partial charge in [-0.1, -0.05) is 11.3 Å². The van der Waals surface area contributed by atoms with Gasteiger partial charge in [0.25, 0.3) is 5.56 Å². The number of carbonyl (C=O) groups excluding carboxylic acids is 1. The van der Waals surface area contributed by atoms with Crippen LogP contribution in [0.15, 0.2) is 11.1 Å². The normalized spacial score (nSPS) is 22.0. The minimum Gasteiger partial charge on any atom is -0.353 e. The topological polar surface area (TPSA) is 91.0 Å². The Hall–Kier alpha value is -1.96. The molecule has 0 bridgehead atoms. The second-order valence-electron chi connectivity index (χ2n) is 5.95. The van der Waals surface area contributed by atoms with Crippen LogP contribution < -0.4 is 15.8 Å². The van der Waals surface area contributed by atoms with E-state index in [1.807, 2.05) is 0 Å². The minimum atomic E-state index is -0.159. The number of amides is 1. The highest BCUT2D eigenvalue weighted by Gasteiger charge is 2.31. The second-order valence-corrected chi connectivity index (χ2v) is 6.93. The SMILES string of the molecule is O=C(NC1CC1)[C@@H]1CCCN(c2nc3nc[nH]c(=O)c3s2)C1. The number of aromatic amines is 1. The zero-order chi connectivity index (χ0) is 15.1. The Kier molecular flexibility index (Phi) is 3.33. The third kappa shape index (κ3) is 2.58. The predicted molar refractivity (Wildman–Crippen MR) is 84.1 cm³/mol. The monoisotopic (exact) mass is 319 g/mol. The van der Waals surface area contributed by atoms with E-state index in [2.05, 4.69) is 25.2 Å². The Bertz CT molecular complexity index is 766. The van der Waals surface area contributed by atoms with Gasteiger partial charge in [-0.25, -0.2) is 4.98 Å². The number of thiazole rings is 1. The maximum absolute atomic E-state index is 12.2. The molecule has 3 heterocycles. The first kappa shape index (κ1) is 13.7. The van der Waals surface area contributed by atoms with Gasteiger partial charge in [-0.15, -0.1) is 0 Å². The van der Waals surface area contributed by atoms with Gasteiger partial charge in [0.05, 0.1) is 12.2 Å². The fraction of sp³-hybridized carbons (Fsp3) is 0.571. The summed E-state index contributed by atoms with van der Waals surface area (Å²) in [6.45, 7) is 1.53. The molecule has 2 aliphatic rings. The Balaban J connectivity index is 1.54. The molecule has 2 aromatic rings. The van der Waals surface area contributed by atoms with Crippen molar-refractivity contribution < 1.29 is 4.79 Å². The number of rotatable bonds is 3. The average Bonchev–Trinajstić information content (AvgIpc) is 3.23. The summed E-state index contributed by atoms with van der Waals surface area (Å²) in [5.41, 5.74) is 0.321. The van der Waals surface area contributed by atoms with E-state index in [4.69, 9.17) is 0 Å². The molecule has 0 spiro atoms. The molecule has 1 aliphatic carbocycles. The molecule has 7 nitrogen and oxygen atoms in total. The fourth-order valence-electron chi connectivity index (χ4n) is 2.80. The molecule has 8 heteroatoms. The van der Waals surface area contributed by atoms with Crippen LogP contribution in [-0.2, 0) is 4.79 Å². The van der Waals surface area contributed by atoms with E-state index in [-0.39, 0.29) is 17.4 Å². The van der Waals surface area contributed by atoms with Crippen molar-refractivity contribution in [1.82, 2.24) is 20.3 Å². The standard InChI is InChI=1S/C14H17N5O2S/c20-12(17-9-3-4-9)8-2-1-5-19(6-8)14-18-11-10(22-14)13(21)16-7-15-11/h7-9H,1-6H2,(H,17,20)(H,15,16,21)/t8-/m1/s1. The summed E-state index contributed by atoms with van der Waals surface area (Å²) in [5.74, 6) is 0.164. The lowest BCUT2D eigenvalue weighted by Crippen LogP contribution is -2.43. The maximum atomic E-state index is 12.2. The number of carbonyl (C=O) groups is 1. The summed E-state index contributed by atoms with van der Waals surface area (Å²) < 4.78 is 0.544. The molecule has 1 atom stereocenters. The van der Waals surface area contributed by atoms with Crippen molar-refractivity contribution in [3.05, 3.63) is 16.7 Å². The van der Waals surface area contributed by atoms with E-state index in [1.54, 1.807) is 0 Å². The van der Waals surface area contributed by atoms with E-state index < -0.39 is 0 Å². The van der Waals surface area contributed by atoms with Crippen LogP contribution in [0.3, 0.4) is 0 Å². The van der Waals surface area contributed by atoms with Gasteiger partial charge in [0.2, 0.25) is 5.91 Å². The molecular formula is C14H17N5O2S. The van der Waals surface area contributed by atoms with Crippen LogP contribution in [-0.4, -0.2) is 40.0 Å². The third-order valence-electron chi connectivity index (χ3n) is 4.17. The number of H-pyrrole nitrogens is 1. The molecule has 0 radical (unpaired) electrons. The second kappa shape index (κ2) is 5.35. The summed E-state index contributed by atoms with van der Waals surface area (Å²) in [7, 11) is 0. The number of anilines is 1. The molecule has 2 fully saturated rings. The molecule has 22 heavy (non-hydrogen) atoms. The summed E-state index contributed by atoms with van der Waals surface area (Å²) in [6.07, 6.45) is 5.46. The Morgan fingerprint density at radius 2 is 2.27 bits per heavy atom. The highest BCUT2D eigenvalue weighted by atomic mass is 32.1. The van der Waals surface area contributed by atoms with Crippen LogP contribution in [0.5, 0.6) is 0 Å². The van der Waals surface area contributed by atoms with Crippen molar-refractivity contribution >= 4 is 32.7 Å². The van der Waals surface area contributed by atoms with Crippen LogP contribution >= 0.6 is 11.3 Å². The zero-order valence-electron chi connectivity index (χ0n) is 12.0. The zero-order valence-corrected chi connectivity index (χ0v) is 12.9. The lowest BCUT2D eigenvalue weighted by Gasteiger charge is -2.31. The van der Waals surface area contributed by atoms with Crippen LogP contribution in [0.2, 0.25) is 0 Å². The quantitative estimate of drug-likeness (QED) is 0.876. The molecule has 1 saturated heterocycles. The Labute approximate surface area is 130 Å². The van der Waals surface area contributed by atoms with E-state index in [1.165, 1.54) is 17.7 Å². The van der Waals surface area contributed by atoms with Gasteiger partial charge in [0, 0.05) is 19.1 Å². The molecule has 0 aromatic carbocycles. The van der Waals surface area contributed by atoms with Crippen LogP contribution in [0, 0.1) is 5.92 Å². The van der Waals surface area contributed by atoms with Gasteiger partial charge in [-0.2, -0.15) is 4.98 Å². The third-order valence-corrected chi connectivity index (χ3v) is 5.28. The highest BCUT2D eigenvalue weighted by Crippen LogP contribution is 2.29. The number of nitrogens with one attached hydrogen (secondary N) is 2. The molecular weight excluding hydrogens is 302 g/mol. The molecule has 2 aromatic heterocycles. The largest absolute Gasteiger partial charge is 0.353 e. The number of fused-ring (bicyclic) bond motifs is 1. The van der Waals surface area contributed by atoms with Gasteiger partial charge >= 0.3 is 0 Å². The first-order valence-corrected chi connectivity index (χ1v) is 8.42. The van der Waals surface area contributed by atoms with Gasteiger partial charge in [0.15, 0.2) is 10.8 Å². The van der Waals surface area contributed by atoms with Crippen LogP contribution in [0.25, 0.3) is 10.3 Å². The average molecular weight is 319 g/mol. The Morgan fingerprint density at radius 3 is 3.05 bits per heavy atom. The van der Waals surface area contributed by atoms with E-state index in [9.17, 15) is 9.59 Å². The van der Waals surface area contributed by atoms with Crippen molar-refractivity contribution in [2.24, 2.45) is 5.92 Å². The van der Waals surface area contributed by atoms with Gasteiger partial charge < -0.3 is 15.2 Å². The number of piperidine rings is 1. The number of hydrogen-bond donors (Lipinski definition) is 2. The predicted octanol–water partition coefficient (Wildman–Crippen LogP) is 0.875. The first-order chi connectivity index (χ1) is 10.7. The van der Waals surface area contributed by atoms with Gasteiger partial charge in [0.1, 0.15) is 4.70 Å². The number of aromatic nitrogens is 3. The number of hydrogen-bond acceptors (Lipinski definition) is 6. The minimum absolute atomic E-state index is 0.00704. The van der Waals surface area contributed by atoms with Crippen molar-refractivity contribution in [1.29, 1.82) is 0 Å². The molecule has 1 aliphatic heterocycles. The Morgan fingerprint density at radius 1 is 1.41 bits per heavy atom. The van der Waals surface area contributed by atoms with E-state index in [0.29, 0.717) is 22.9 Å². The van der Waals surface area contributed by atoms with Gasteiger partial charge in [-0.05, 0) is 25.7 Å². The first-order valence-electron chi connectivity index (χ1n) is 7.60. The summed E-state index contributed by atoms with van der Waals surface area (Å²) in [5, 5.41) is 3.86. The van der Waals surface area contributed by atoms with Crippen molar-refractivity contribution in [3.63, 3.8) is 0 Å². The molecule has 116 valence electrons. The molecule has 4 rings (SSSR count). The lowest BCUT2D eigenvalue weighted by molar-refractivity contribution is -0.125. The van der Waals surface area contributed by atoms with Crippen molar-refractivity contribution in [2.75, 3.05) is 18.0 Å². The van der Waals surface area contributed by atoms with Gasteiger partial charge in [-0.3, -0.25) is 9.59 Å². The maximum Gasteiger partial charge on any atom is 0.270 e. The number of nitrogens with zero attached hydrogens (tertiary/aromatic N) is 3. The van der Waals surface area contributed by atoms with E-state index in [0.717, 1.165) is 37.4 Å². The molecule has 0 unspecified atom stereocenters. The smallest absolute Gasteiger partial charge is 0.270 e. The van der Waals surface area contributed by atoms with Crippen LogP contribution in [0.4, 0.5) is 5.13 Å². The van der Waals surface area contributed by atoms with Crippen molar-refractivity contribution in [2.45, 2.75) is 31.7 Å². The fourth-order valence-corrected chi connectivity index (χ4v) is 3.75. The van der Waals surface area contributed by atoms with Crippen LogP contribution in [0.1, 0.15) is 25.7 Å². The molecule has 2 N–H and O–H groups in total. The van der Waals surface area contributed by atoms with E-state index >= 15 is 0 Å². The molecule has 1 saturated carbocycles. The van der Waals surface area contributed by atoms with Crippen molar-refractivity contribution in [3.8, 4) is 0 Å². The summed E-state index contributed by atoms with van der Waals surface area (Å²) in [6, 6.07) is 0.396. The summed E-state index contributed by atoms with van der Waals surface area (Å²) >= 11 is 1.35. The summed E-state index contributed by atoms with van der Waals surface area (Å²) in [4.78, 5) is 37.2. The highest BCUT2D eigenvalue weighted by molar-refractivity contribution is 7.22.